The van der Waals surface area contributed by atoms with Crippen molar-refractivity contribution in [3.05, 3.63) is 47.0 Å². The van der Waals surface area contributed by atoms with Crippen molar-refractivity contribution in [2.75, 3.05) is 7.11 Å². The Labute approximate surface area is 101 Å². The van der Waals surface area contributed by atoms with Gasteiger partial charge < -0.3 is 15.5 Å². The third-order valence-electron chi connectivity index (χ3n) is 2.69. The lowest BCUT2D eigenvalue weighted by atomic mass is 10.1. The minimum atomic E-state index is 0.484. The second-order valence-corrected chi connectivity index (χ2v) is 4.05. The first-order valence-corrected chi connectivity index (χ1v) is 5.59. The number of benzene rings is 1. The maximum atomic E-state index is 5.54. The van der Waals surface area contributed by atoms with Gasteiger partial charge in [0, 0.05) is 30.4 Å². The van der Waals surface area contributed by atoms with E-state index in [2.05, 4.69) is 23.0 Å². The molecule has 0 unspecified atom stereocenters. The number of aryl methyl sites for hydroxylation is 1. The number of nitrogens with two attached hydrogens (primary N) is 1. The van der Waals surface area contributed by atoms with Crippen molar-refractivity contribution >= 4 is 0 Å². The molecule has 0 atom stereocenters. The molecule has 2 aromatic rings. The first kappa shape index (κ1) is 11.7. The van der Waals surface area contributed by atoms with E-state index in [0.29, 0.717) is 6.54 Å². The lowest BCUT2D eigenvalue weighted by Crippen LogP contribution is -1.98. The van der Waals surface area contributed by atoms with Crippen molar-refractivity contribution in [2.24, 2.45) is 5.73 Å². The highest BCUT2D eigenvalue weighted by Gasteiger charge is 2.07. The number of nitrogens with zero attached hydrogens (tertiary/aromatic N) is 1. The van der Waals surface area contributed by atoms with Crippen LogP contribution in [0.25, 0.3) is 0 Å². The van der Waals surface area contributed by atoms with E-state index in [1.165, 1.54) is 5.56 Å². The van der Waals surface area contributed by atoms with Crippen LogP contribution in [0.15, 0.2) is 24.4 Å². The van der Waals surface area contributed by atoms with Crippen LogP contribution in [0, 0.1) is 6.92 Å². The van der Waals surface area contributed by atoms with Crippen LogP contribution in [0.5, 0.6) is 5.75 Å². The van der Waals surface area contributed by atoms with E-state index >= 15 is 0 Å². The average Bonchev–Trinajstić information content (AvgIpc) is 2.77. The Morgan fingerprint density at radius 2 is 2.24 bits per heavy atom. The van der Waals surface area contributed by atoms with Gasteiger partial charge in [0.2, 0.25) is 0 Å². The lowest BCUT2D eigenvalue weighted by Gasteiger charge is -2.08. The van der Waals surface area contributed by atoms with Crippen molar-refractivity contribution in [3.8, 4) is 5.75 Å². The molecule has 17 heavy (non-hydrogen) atoms. The fraction of sp³-hybridized carbons (Fsp3) is 0.308. The van der Waals surface area contributed by atoms with Crippen LogP contribution in [-0.4, -0.2) is 17.1 Å². The highest BCUT2D eigenvalue weighted by molar-refractivity contribution is 5.38. The minimum absolute atomic E-state index is 0.484. The largest absolute Gasteiger partial charge is 0.496 e. The van der Waals surface area contributed by atoms with Gasteiger partial charge in [-0.3, -0.25) is 0 Å². The molecule has 2 rings (SSSR count). The van der Waals surface area contributed by atoms with Crippen LogP contribution < -0.4 is 10.5 Å². The summed E-state index contributed by atoms with van der Waals surface area (Å²) in [5.41, 5.74) is 8.84. The van der Waals surface area contributed by atoms with Gasteiger partial charge in [0.25, 0.3) is 0 Å². The molecule has 0 radical (unpaired) electrons. The summed E-state index contributed by atoms with van der Waals surface area (Å²) in [6.07, 6.45) is 2.50. The van der Waals surface area contributed by atoms with Gasteiger partial charge in [-0.25, -0.2) is 4.98 Å². The fourth-order valence-corrected chi connectivity index (χ4v) is 1.83. The first-order chi connectivity index (χ1) is 8.22. The minimum Gasteiger partial charge on any atom is -0.496 e. The standard InChI is InChI=1S/C13H17N3O/c1-9-3-4-12(17-2)10(5-9)6-13-15-8-11(7-14)16-13/h3-5,8H,6-7,14H2,1-2H3,(H,15,16). The van der Waals surface area contributed by atoms with Crippen LogP contribution >= 0.6 is 0 Å². The second-order valence-electron chi connectivity index (χ2n) is 4.05. The van der Waals surface area contributed by atoms with Gasteiger partial charge in [-0.15, -0.1) is 0 Å². The summed E-state index contributed by atoms with van der Waals surface area (Å²) in [5, 5.41) is 0. The Bertz CT molecular complexity index is 505. The average molecular weight is 231 g/mol. The fourth-order valence-electron chi connectivity index (χ4n) is 1.83. The highest BCUT2D eigenvalue weighted by Crippen LogP contribution is 2.21. The Kier molecular flexibility index (Phi) is 3.44. The molecule has 1 aromatic carbocycles. The Hall–Kier alpha value is -1.81. The zero-order valence-corrected chi connectivity index (χ0v) is 10.2. The Balaban J connectivity index is 2.25. The topological polar surface area (TPSA) is 63.9 Å². The summed E-state index contributed by atoms with van der Waals surface area (Å²) in [7, 11) is 1.68. The zero-order chi connectivity index (χ0) is 12.3. The number of aromatic amines is 1. The number of hydrogen-bond donors (Lipinski definition) is 2. The molecule has 0 aliphatic heterocycles. The summed E-state index contributed by atoms with van der Waals surface area (Å²) < 4.78 is 5.34. The number of hydrogen-bond acceptors (Lipinski definition) is 3. The summed E-state index contributed by atoms with van der Waals surface area (Å²) in [6, 6.07) is 6.14. The molecule has 0 spiro atoms. The van der Waals surface area contributed by atoms with Crippen LogP contribution in [0.1, 0.15) is 22.6 Å². The van der Waals surface area contributed by atoms with Crippen LogP contribution in [0.3, 0.4) is 0 Å². The van der Waals surface area contributed by atoms with Gasteiger partial charge >= 0.3 is 0 Å². The van der Waals surface area contributed by atoms with Crippen LogP contribution in [0.2, 0.25) is 0 Å². The van der Waals surface area contributed by atoms with E-state index in [1.807, 2.05) is 12.1 Å². The lowest BCUT2D eigenvalue weighted by molar-refractivity contribution is 0.410. The summed E-state index contributed by atoms with van der Waals surface area (Å²) in [6.45, 7) is 2.55. The molecule has 0 aliphatic rings. The SMILES string of the molecule is COc1ccc(C)cc1Cc1ncc(CN)[nH]1. The van der Waals surface area contributed by atoms with E-state index in [9.17, 15) is 0 Å². The van der Waals surface area contributed by atoms with Crippen molar-refractivity contribution in [1.29, 1.82) is 0 Å². The van der Waals surface area contributed by atoms with E-state index in [4.69, 9.17) is 10.5 Å². The molecule has 1 aromatic heterocycles. The normalized spacial score (nSPS) is 10.5. The number of rotatable bonds is 4. The van der Waals surface area contributed by atoms with Crippen LogP contribution in [0.4, 0.5) is 0 Å². The predicted molar refractivity (Wildman–Crippen MR) is 67.0 cm³/mol. The van der Waals surface area contributed by atoms with Gasteiger partial charge in [0.1, 0.15) is 11.6 Å². The molecule has 0 saturated carbocycles. The molecule has 4 nitrogen and oxygen atoms in total. The highest BCUT2D eigenvalue weighted by atomic mass is 16.5. The maximum Gasteiger partial charge on any atom is 0.122 e. The molecule has 3 N–H and O–H groups in total. The molecular weight excluding hydrogens is 214 g/mol. The quantitative estimate of drug-likeness (QED) is 0.843. The van der Waals surface area contributed by atoms with Gasteiger partial charge in [0.15, 0.2) is 0 Å². The molecule has 90 valence electrons. The molecule has 0 saturated heterocycles. The van der Waals surface area contributed by atoms with Crippen molar-refractivity contribution in [3.63, 3.8) is 0 Å². The molecule has 0 bridgehead atoms. The summed E-state index contributed by atoms with van der Waals surface area (Å²) >= 11 is 0. The summed E-state index contributed by atoms with van der Waals surface area (Å²) in [5.74, 6) is 1.80. The molecule has 0 amide bonds. The van der Waals surface area contributed by atoms with E-state index in [-0.39, 0.29) is 0 Å². The van der Waals surface area contributed by atoms with Crippen molar-refractivity contribution in [2.45, 2.75) is 19.9 Å². The second kappa shape index (κ2) is 5.01. The van der Waals surface area contributed by atoms with E-state index in [1.54, 1.807) is 13.3 Å². The van der Waals surface area contributed by atoms with E-state index in [0.717, 1.165) is 29.3 Å². The van der Waals surface area contributed by atoms with Crippen LogP contribution in [-0.2, 0) is 13.0 Å². The maximum absolute atomic E-state index is 5.54. The van der Waals surface area contributed by atoms with E-state index < -0.39 is 0 Å². The monoisotopic (exact) mass is 231 g/mol. The summed E-state index contributed by atoms with van der Waals surface area (Å²) in [4.78, 5) is 7.49. The molecule has 4 heteroatoms. The number of methoxy groups -OCH3 is 1. The predicted octanol–water partition coefficient (Wildman–Crippen LogP) is 1.78. The molecule has 0 aliphatic carbocycles. The third kappa shape index (κ3) is 2.65. The third-order valence-corrected chi connectivity index (χ3v) is 2.69. The van der Waals surface area contributed by atoms with Crippen molar-refractivity contribution < 1.29 is 4.74 Å². The smallest absolute Gasteiger partial charge is 0.122 e. The number of imidazole rings is 1. The Morgan fingerprint density at radius 1 is 1.41 bits per heavy atom. The first-order valence-electron chi connectivity index (χ1n) is 5.59. The van der Waals surface area contributed by atoms with Gasteiger partial charge in [-0.05, 0) is 13.0 Å². The van der Waals surface area contributed by atoms with Gasteiger partial charge in [-0.1, -0.05) is 17.7 Å². The number of nitrogens with one attached hydrogen (secondary N) is 1. The number of aromatic nitrogens is 2. The molecule has 0 fully saturated rings. The van der Waals surface area contributed by atoms with Gasteiger partial charge in [0.05, 0.1) is 7.11 Å². The zero-order valence-electron chi connectivity index (χ0n) is 10.2. The van der Waals surface area contributed by atoms with Gasteiger partial charge in [-0.2, -0.15) is 0 Å². The van der Waals surface area contributed by atoms with Crippen molar-refractivity contribution in [1.82, 2.24) is 9.97 Å². The number of H-pyrrole nitrogens is 1. The molecule has 1 heterocycles. The number of ether oxygens (including phenoxy) is 1. The Morgan fingerprint density at radius 3 is 2.88 bits per heavy atom. The molecular formula is C13H17N3O.